The summed E-state index contributed by atoms with van der Waals surface area (Å²) in [6, 6.07) is 4.65. The molecule has 0 fully saturated rings. The summed E-state index contributed by atoms with van der Waals surface area (Å²) in [6.45, 7) is 2.17. The Morgan fingerprint density at radius 3 is 2.76 bits per heavy atom. The van der Waals surface area contributed by atoms with Gasteiger partial charge in [-0.2, -0.15) is 0 Å². The van der Waals surface area contributed by atoms with E-state index in [1.807, 2.05) is 0 Å². The van der Waals surface area contributed by atoms with Crippen LogP contribution in [0.15, 0.2) is 18.2 Å². The van der Waals surface area contributed by atoms with Gasteiger partial charge in [0.15, 0.2) is 5.75 Å². The van der Waals surface area contributed by atoms with Crippen molar-refractivity contribution in [3.8, 4) is 5.75 Å². The van der Waals surface area contributed by atoms with Gasteiger partial charge in [-0.15, -0.1) is 0 Å². The Labute approximate surface area is 103 Å². The third-order valence-electron chi connectivity index (χ3n) is 2.53. The van der Waals surface area contributed by atoms with Crippen molar-refractivity contribution in [1.29, 1.82) is 0 Å². The topological polar surface area (TPSA) is 63.4 Å². The number of hydrogen-bond acceptors (Lipinski definition) is 3. The van der Waals surface area contributed by atoms with Gasteiger partial charge in [0.05, 0.1) is 4.92 Å². The fourth-order valence-corrected chi connectivity index (χ4v) is 2.72. The standard InChI is InChI=1S/C12H18NO3P/c1-2-3-4-5-8-17-10-6-7-12(14)11(9-10)13(15)16/h6-7,9,14,17H,2-5,8H2,1H3. The Balaban J connectivity index is 2.49. The van der Waals surface area contributed by atoms with Crippen molar-refractivity contribution >= 4 is 19.6 Å². The summed E-state index contributed by atoms with van der Waals surface area (Å²) in [5, 5.41) is 20.9. The largest absolute Gasteiger partial charge is 0.502 e. The molecular weight excluding hydrogens is 237 g/mol. The van der Waals surface area contributed by atoms with Gasteiger partial charge in [0.25, 0.3) is 0 Å². The number of nitro benzene ring substituents is 1. The van der Waals surface area contributed by atoms with E-state index < -0.39 is 4.92 Å². The molecule has 1 atom stereocenters. The first-order valence-electron chi connectivity index (χ1n) is 5.86. The average molecular weight is 255 g/mol. The number of nitro groups is 1. The molecule has 94 valence electrons. The van der Waals surface area contributed by atoms with Gasteiger partial charge in [-0.25, -0.2) is 0 Å². The second-order valence-electron chi connectivity index (χ2n) is 3.95. The van der Waals surface area contributed by atoms with Gasteiger partial charge < -0.3 is 5.11 Å². The highest BCUT2D eigenvalue weighted by molar-refractivity contribution is 7.47. The average Bonchev–Trinajstić information content (AvgIpc) is 2.30. The van der Waals surface area contributed by atoms with Gasteiger partial charge in [0.1, 0.15) is 0 Å². The van der Waals surface area contributed by atoms with Crippen molar-refractivity contribution in [3.05, 3.63) is 28.3 Å². The zero-order valence-corrected chi connectivity index (χ0v) is 11.0. The number of phenols is 1. The third kappa shape index (κ3) is 4.70. The van der Waals surface area contributed by atoms with Gasteiger partial charge in [-0.05, 0) is 24.0 Å². The highest BCUT2D eigenvalue weighted by Gasteiger charge is 2.13. The van der Waals surface area contributed by atoms with Crippen molar-refractivity contribution in [3.63, 3.8) is 0 Å². The summed E-state index contributed by atoms with van der Waals surface area (Å²) in [5.74, 6) is -0.255. The maximum absolute atomic E-state index is 10.6. The molecule has 0 spiro atoms. The molecule has 0 amide bonds. The van der Waals surface area contributed by atoms with Gasteiger partial charge in [0.2, 0.25) is 0 Å². The smallest absolute Gasteiger partial charge is 0.311 e. The highest BCUT2D eigenvalue weighted by Crippen LogP contribution is 2.26. The van der Waals surface area contributed by atoms with Crippen LogP contribution in [0, 0.1) is 10.1 Å². The molecule has 1 aromatic rings. The molecule has 0 saturated carbocycles. The Hall–Kier alpha value is -1.15. The van der Waals surface area contributed by atoms with Crippen LogP contribution in [0.3, 0.4) is 0 Å². The van der Waals surface area contributed by atoms with Crippen LogP contribution in [-0.4, -0.2) is 16.2 Å². The number of phenolic OH excluding ortho intramolecular Hbond substituents is 1. The lowest BCUT2D eigenvalue weighted by Crippen LogP contribution is -1.99. The van der Waals surface area contributed by atoms with Gasteiger partial charge in [0, 0.05) is 6.07 Å². The van der Waals surface area contributed by atoms with Crippen LogP contribution < -0.4 is 5.30 Å². The lowest BCUT2D eigenvalue weighted by molar-refractivity contribution is -0.385. The summed E-state index contributed by atoms with van der Waals surface area (Å²) in [5.41, 5.74) is -0.191. The highest BCUT2D eigenvalue weighted by atomic mass is 31.1. The number of aromatic hydroxyl groups is 1. The van der Waals surface area contributed by atoms with Crippen LogP contribution in [0.5, 0.6) is 5.75 Å². The van der Waals surface area contributed by atoms with E-state index in [4.69, 9.17) is 0 Å². The molecule has 5 heteroatoms. The Bertz CT molecular complexity index is 382. The van der Waals surface area contributed by atoms with Crippen molar-refractivity contribution in [2.75, 3.05) is 6.16 Å². The van der Waals surface area contributed by atoms with Crippen molar-refractivity contribution in [1.82, 2.24) is 0 Å². The molecule has 0 aliphatic heterocycles. The number of unbranched alkanes of at least 4 members (excludes halogenated alkanes) is 3. The minimum atomic E-state index is -0.541. The van der Waals surface area contributed by atoms with Crippen LogP contribution in [-0.2, 0) is 0 Å². The van der Waals surface area contributed by atoms with E-state index in [1.54, 1.807) is 6.07 Å². The zero-order chi connectivity index (χ0) is 12.7. The molecule has 0 aliphatic carbocycles. The van der Waals surface area contributed by atoms with E-state index in [0.29, 0.717) is 8.58 Å². The fraction of sp³-hybridized carbons (Fsp3) is 0.500. The summed E-state index contributed by atoms with van der Waals surface area (Å²) in [6.07, 6.45) is 5.93. The summed E-state index contributed by atoms with van der Waals surface area (Å²) < 4.78 is 0. The van der Waals surface area contributed by atoms with Gasteiger partial charge in [-0.1, -0.05) is 40.8 Å². The predicted molar refractivity (Wildman–Crippen MR) is 71.7 cm³/mol. The molecule has 0 aliphatic rings. The van der Waals surface area contributed by atoms with Crippen molar-refractivity contribution in [2.45, 2.75) is 32.6 Å². The molecular formula is C12H18NO3P. The number of nitrogens with zero attached hydrogens (tertiary/aromatic N) is 1. The van der Waals surface area contributed by atoms with E-state index in [0.717, 1.165) is 11.5 Å². The quantitative estimate of drug-likeness (QED) is 0.352. The van der Waals surface area contributed by atoms with E-state index in [9.17, 15) is 15.2 Å². The summed E-state index contributed by atoms with van der Waals surface area (Å²) >= 11 is 0. The van der Waals surface area contributed by atoms with E-state index in [2.05, 4.69) is 6.92 Å². The third-order valence-corrected chi connectivity index (χ3v) is 3.85. The fourth-order valence-electron chi connectivity index (χ4n) is 1.56. The summed E-state index contributed by atoms with van der Waals surface area (Å²) in [7, 11) is 0.586. The van der Waals surface area contributed by atoms with E-state index >= 15 is 0 Å². The maximum atomic E-state index is 10.6. The van der Waals surface area contributed by atoms with E-state index in [1.165, 1.54) is 37.8 Å². The lowest BCUT2D eigenvalue weighted by atomic mass is 10.2. The summed E-state index contributed by atoms with van der Waals surface area (Å²) in [4.78, 5) is 10.1. The van der Waals surface area contributed by atoms with E-state index in [-0.39, 0.29) is 11.4 Å². The number of rotatable bonds is 7. The first-order chi connectivity index (χ1) is 8.15. The second kappa shape index (κ2) is 7.23. The van der Waals surface area contributed by atoms with Crippen LogP contribution in [0.4, 0.5) is 5.69 Å². The number of hydrogen-bond donors (Lipinski definition) is 1. The molecule has 4 nitrogen and oxygen atoms in total. The molecule has 1 unspecified atom stereocenters. The Morgan fingerprint density at radius 1 is 1.35 bits per heavy atom. The normalized spacial score (nSPS) is 11.1. The van der Waals surface area contributed by atoms with Crippen LogP contribution in [0.25, 0.3) is 0 Å². The SMILES string of the molecule is CCCCCCPc1ccc(O)c([N+](=O)[O-])c1. The molecule has 0 bridgehead atoms. The van der Waals surface area contributed by atoms with Gasteiger partial charge >= 0.3 is 5.69 Å². The number of benzene rings is 1. The molecule has 0 heterocycles. The van der Waals surface area contributed by atoms with Crippen LogP contribution in [0.1, 0.15) is 32.6 Å². The molecule has 0 aromatic heterocycles. The minimum absolute atomic E-state index is 0.191. The maximum Gasteiger partial charge on any atom is 0.311 e. The Morgan fingerprint density at radius 2 is 2.12 bits per heavy atom. The molecule has 1 N–H and O–H groups in total. The minimum Gasteiger partial charge on any atom is -0.502 e. The first-order valence-corrected chi connectivity index (χ1v) is 7.07. The van der Waals surface area contributed by atoms with Crippen molar-refractivity contribution < 1.29 is 10.0 Å². The van der Waals surface area contributed by atoms with Crippen LogP contribution >= 0.6 is 8.58 Å². The Kier molecular flexibility index (Phi) is 5.92. The monoisotopic (exact) mass is 255 g/mol. The van der Waals surface area contributed by atoms with Gasteiger partial charge in [-0.3, -0.25) is 10.1 Å². The molecule has 1 rings (SSSR count). The van der Waals surface area contributed by atoms with Crippen molar-refractivity contribution in [2.24, 2.45) is 0 Å². The lowest BCUT2D eigenvalue weighted by Gasteiger charge is -2.03. The zero-order valence-electron chi connectivity index (χ0n) is 9.98. The molecule has 0 saturated heterocycles. The molecule has 17 heavy (non-hydrogen) atoms. The first kappa shape index (κ1) is 13.9. The molecule has 1 aromatic carbocycles. The van der Waals surface area contributed by atoms with Crippen LogP contribution in [0.2, 0.25) is 0 Å². The molecule has 0 radical (unpaired) electrons. The predicted octanol–water partition coefficient (Wildman–Crippen LogP) is 3.18. The second-order valence-corrected chi connectivity index (χ2v) is 5.38.